The number of hydrogen-bond donors (Lipinski definition) is 0. The quantitative estimate of drug-likeness (QED) is 0.482. The summed E-state index contributed by atoms with van der Waals surface area (Å²) in [6, 6.07) is 4.83. The lowest BCUT2D eigenvalue weighted by molar-refractivity contribution is -0.384. The van der Waals surface area contributed by atoms with Crippen LogP contribution in [0.4, 0.5) is 11.4 Å². The van der Waals surface area contributed by atoms with Crippen molar-refractivity contribution in [2.45, 2.75) is 19.8 Å². The molecule has 0 spiro atoms. The largest absolute Gasteiger partial charge is 0.469 e. The molecule has 1 aliphatic rings. The van der Waals surface area contributed by atoms with Crippen LogP contribution in [0.3, 0.4) is 0 Å². The van der Waals surface area contributed by atoms with Crippen molar-refractivity contribution in [3.63, 3.8) is 0 Å². The van der Waals surface area contributed by atoms with Crippen LogP contribution in [0.1, 0.15) is 18.4 Å². The standard InChI is InChI=1S/C14H18N2O4/c1-10-8-12(16(18)19)5-6-13(10)15-7-3-4-11(9-15)14(17)20-2/h5-6,8,11H,3-4,7,9H2,1-2H3. The Morgan fingerprint density at radius 3 is 2.85 bits per heavy atom. The lowest BCUT2D eigenvalue weighted by Crippen LogP contribution is -2.39. The first-order chi connectivity index (χ1) is 9.52. The van der Waals surface area contributed by atoms with Crippen molar-refractivity contribution in [3.8, 4) is 0 Å². The van der Waals surface area contributed by atoms with Crippen LogP contribution >= 0.6 is 0 Å². The Labute approximate surface area is 117 Å². The first kappa shape index (κ1) is 14.3. The normalized spacial score (nSPS) is 18.7. The van der Waals surface area contributed by atoms with E-state index in [0.717, 1.165) is 30.6 Å². The van der Waals surface area contributed by atoms with Crippen LogP contribution in [-0.4, -0.2) is 31.1 Å². The Hall–Kier alpha value is -2.11. The van der Waals surface area contributed by atoms with Crippen LogP contribution < -0.4 is 4.90 Å². The van der Waals surface area contributed by atoms with Crippen molar-refractivity contribution < 1.29 is 14.5 Å². The van der Waals surface area contributed by atoms with Gasteiger partial charge in [0.25, 0.3) is 5.69 Å². The Morgan fingerprint density at radius 1 is 1.50 bits per heavy atom. The van der Waals surface area contributed by atoms with Gasteiger partial charge >= 0.3 is 5.97 Å². The molecule has 0 aromatic heterocycles. The molecule has 0 aliphatic carbocycles. The van der Waals surface area contributed by atoms with Crippen molar-refractivity contribution in [3.05, 3.63) is 33.9 Å². The van der Waals surface area contributed by atoms with Gasteiger partial charge in [-0.3, -0.25) is 14.9 Å². The molecule has 20 heavy (non-hydrogen) atoms. The van der Waals surface area contributed by atoms with E-state index in [0.29, 0.717) is 6.54 Å². The molecular formula is C14H18N2O4. The summed E-state index contributed by atoms with van der Waals surface area (Å²) in [6.07, 6.45) is 1.74. The van der Waals surface area contributed by atoms with Crippen LogP contribution in [0.5, 0.6) is 0 Å². The van der Waals surface area contributed by atoms with E-state index in [4.69, 9.17) is 4.74 Å². The first-order valence-electron chi connectivity index (χ1n) is 6.60. The summed E-state index contributed by atoms with van der Waals surface area (Å²) >= 11 is 0. The van der Waals surface area contributed by atoms with Gasteiger partial charge in [0, 0.05) is 30.9 Å². The van der Waals surface area contributed by atoms with E-state index in [1.165, 1.54) is 13.2 Å². The molecule has 0 amide bonds. The second kappa shape index (κ2) is 5.90. The van der Waals surface area contributed by atoms with Gasteiger partial charge in [-0.2, -0.15) is 0 Å². The summed E-state index contributed by atoms with van der Waals surface area (Å²) in [4.78, 5) is 24.1. The molecule has 0 radical (unpaired) electrons. The van der Waals surface area contributed by atoms with Crippen molar-refractivity contribution in [1.29, 1.82) is 0 Å². The number of non-ortho nitro benzene ring substituents is 1. The van der Waals surface area contributed by atoms with E-state index in [1.54, 1.807) is 12.1 Å². The van der Waals surface area contributed by atoms with Gasteiger partial charge in [0.15, 0.2) is 0 Å². The molecular weight excluding hydrogens is 260 g/mol. The average molecular weight is 278 g/mol. The third kappa shape index (κ3) is 2.89. The maximum atomic E-state index is 11.6. The SMILES string of the molecule is COC(=O)C1CCCN(c2ccc([N+](=O)[O-])cc2C)C1. The third-order valence-electron chi connectivity index (χ3n) is 3.69. The number of methoxy groups -OCH3 is 1. The van der Waals surface area contributed by atoms with Crippen molar-refractivity contribution in [2.24, 2.45) is 5.92 Å². The predicted octanol–water partition coefficient (Wildman–Crippen LogP) is 2.29. The Balaban J connectivity index is 2.19. The number of rotatable bonds is 3. The molecule has 1 aliphatic heterocycles. The molecule has 6 nitrogen and oxygen atoms in total. The maximum absolute atomic E-state index is 11.6. The fraction of sp³-hybridized carbons (Fsp3) is 0.500. The zero-order chi connectivity index (χ0) is 14.7. The summed E-state index contributed by atoms with van der Waals surface area (Å²) in [5.41, 5.74) is 1.89. The van der Waals surface area contributed by atoms with Gasteiger partial charge in [-0.25, -0.2) is 0 Å². The summed E-state index contributed by atoms with van der Waals surface area (Å²) in [5, 5.41) is 10.8. The van der Waals surface area contributed by atoms with Crippen LogP contribution in [0, 0.1) is 23.0 Å². The third-order valence-corrected chi connectivity index (χ3v) is 3.69. The fourth-order valence-corrected chi connectivity index (χ4v) is 2.66. The Kier molecular flexibility index (Phi) is 4.22. The molecule has 1 aromatic rings. The minimum Gasteiger partial charge on any atom is -0.469 e. The Bertz CT molecular complexity index is 530. The molecule has 0 saturated carbocycles. The summed E-state index contributed by atoms with van der Waals surface area (Å²) < 4.78 is 4.80. The van der Waals surface area contributed by atoms with Gasteiger partial charge in [0.05, 0.1) is 18.0 Å². The second-order valence-electron chi connectivity index (χ2n) is 5.04. The molecule has 1 saturated heterocycles. The summed E-state index contributed by atoms with van der Waals surface area (Å²) in [7, 11) is 1.40. The van der Waals surface area contributed by atoms with Crippen LogP contribution in [0.15, 0.2) is 18.2 Å². The van der Waals surface area contributed by atoms with Gasteiger partial charge < -0.3 is 9.64 Å². The van der Waals surface area contributed by atoms with Crippen LogP contribution in [0.2, 0.25) is 0 Å². The molecule has 1 heterocycles. The number of aryl methyl sites for hydroxylation is 1. The number of piperidine rings is 1. The number of carbonyl (C=O) groups is 1. The smallest absolute Gasteiger partial charge is 0.310 e. The molecule has 0 bridgehead atoms. The highest BCUT2D eigenvalue weighted by atomic mass is 16.6. The number of nitro benzene ring substituents is 1. The van der Waals surface area contributed by atoms with Crippen molar-refractivity contribution in [2.75, 3.05) is 25.1 Å². The van der Waals surface area contributed by atoms with E-state index in [2.05, 4.69) is 4.90 Å². The number of nitrogens with zero attached hydrogens (tertiary/aromatic N) is 2. The molecule has 1 unspecified atom stereocenters. The van der Waals surface area contributed by atoms with Crippen molar-refractivity contribution >= 4 is 17.3 Å². The number of hydrogen-bond acceptors (Lipinski definition) is 5. The summed E-state index contributed by atoms with van der Waals surface area (Å²) in [5.74, 6) is -0.308. The van der Waals surface area contributed by atoms with E-state index >= 15 is 0 Å². The number of esters is 1. The lowest BCUT2D eigenvalue weighted by Gasteiger charge is -2.33. The lowest BCUT2D eigenvalue weighted by atomic mass is 9.97. The topological polar surface area (TPSA) is 72.7 Å². The zero-order valence-corrected chi connectivity index (χ0v) is 11.7. The predicted molar refractivity (Wildman–Crippen MR) is 74.8 cm³/mol. The highest BCUT2D eigenvalue weighted by molar-refractivity contribution is 5.73. The number of benzene rings is 1. The number of carbonyl (C=O) groups excluding carboxylic acids is 1. The van der Waals surface area contributed by atoms with Crippen LogP contribution in [-0.2, 0) is 9.53 Å². The molecule has 1 atom stereocenters. The zero-order valence-electron chi connectivity index (χ0n) is 11.7. The van der Waals surface area contributed by atoms with E-state index < -0.39 is 4.92 Å². The van der Waals surface area contributed by atoms with E-state index in [-0.39, 0.29) is 17.6 Å². The minimum atomic E-state index is -0.399. The highest BCUT2D eigenvalue weighted by Crippen LogP contribution is 2.29. The number of ether oxygens (including phenoxy) is 1. The van der Waals surface area contributed by atoms with Crippen LogP contribution in [0.25, 0.3) is 0 Å². The molecule has 1 fully saturated rings. The molecule has 108 valence electrons. The van der Waals surface area contributed by atoms with Crippen molar-refractivity contribution in [1.82, 2.24) is 0 Å². The minimum absolute atomic E-state index is 0.0905. The van der Waals surface area contributed by atoms with Gasteiger partial charge in [0.1, 0.15) is 0 Å². The van der Waals surface area contributed by atoms with Gasteiger partial charge in [-0.05, 0) is 31.4 Å². The molecule has 1 aromatic carbocycles. The average Bonchev–Trinajstić information content (AvgIpc) is 2.46. The summed E-state index contributed by atoms with van der Waals surface area (Å²) in [6.45, 7) is 3.31. The molecule has 0 N–H and O–H groups in total. The van der Waals surface area contributed by atoms with E-state index in [1.807, 2.05) is 6.92 Å². The maximum Gasteiger partial charge on any atom is 0.310 e. The monoisotopic (exact) mass is 278 g/mol. The first-order valence-corrected chi connectivity index (χ1v) is 6.60. The van der Waals surface area contributed by atoms with Gasteiger partial charge in [-0.1, -0.05) is 0 Å². The number of nitro groups is 1. The highest BCUT2D eigenvalue weighted by Gasteiger charge is 2.27. The molecule has 6 heteroatoms. The van der Waals surface area contributed by atoms with Gasteiger partial charge in [0.2, 0.25) is 0 Å². The van der Waals surface area contributed by atoms with Gasteiger partial charge in [-0.15, -0.1) is 0 Å². The number of anilines is 1. The Morgan fingerprint density at radius 2 is 2.25 bits per heavy atom. The second-order valence-corrected chi connectivity index (χ2v) is 5.04. The molecule has 2 rings (SSSR count). The fourth-order valence-electron chi connectivity index (χ4n) is 2.66. The van der Waals surface area contributed by atoms with E-state index in [9.17, 15) is 14.9 Å².